The first-order valence-corrected chi connectivity index (χ1v) is 8.01. The second-order valence-electron chi connectivity index (χ2n) is 5.34. The van der Waals surface area contributed by atoms with E-state index in [2.05, 4.69) is 20.5 Å². The van der Waals surface area contributed by atoms with Crippen molar-refractivity contribution in [3.63, 3.8) is 0 Å². The highest BCUT2D eigenvalue weighted by Gasteiger charge is 2.09. The van der Waals surface area contributed by atoms with Crippen molar-refractivity contribution in [1.29, 1.82) is 0 Å². The van der Waals surface area contributed by atoms with Crippen molar-refractivity contribution in [2.45, 2.75) is 13.3 Å². The summed E-state index contributed by atoms with van der Waals surface area (Å²) in [5.74, 6) is 0.205. The summed E-state index contributed by atoms with van der Waals surface area (Å²) in [5, 5.41) is 11.7. The van der Waals surface area contributed by atoms with Crippen LogP contribution in [0.2, 0.25) is 10.0 Å². The smallest absolute Gasteiger partial charge is 0.274 e. The van der Waals surface area contributed by atoms with Crippen LogP contribution in [0, 0.1) is 6.92 Å². The summed E-state index contributed by atoms with van der Waals surface area (Å²) < 4.78 is 0. The van der Waals surface area contributed by atoms with Gasteiger partial charge in [-0.15, -0.1) is 10.2 Å². The molecule has 1 aromatic heterocycles. The molecule has 0 aliphatic rings. The Bertz CT molecular complexity index is 923. The topological polar surface area (TPSA) is 70.7 Å². The van der Waals surface area contributed by atoms with Gasteiger partial charge in [-0.1, -0.05) is 59.1 Å². The average molecular weight is 361 g/mol. The lowest BCUT2D eigenvalue weighted by molar-refractivity contribution is 0.874. The van der Waals surface area contributed by atoms with E-state index in [0.717, 1.165) is 11.1 Å². The van der Waals surface area contributed by atoms with Crippen LogP contribution in [0.25, 0.3) is 0 Å². The molecule has 0 fully saturated rings. The van der Waals surface area contributed by atoms with Crippen molar-refractivity contribution in [3.8, 4) is 0 Å². The number of H-pyrrole nitrogens is 1. The van der Waals surface area contributed by atoms with Gasteiger partial charge in [-0.25, -0.2) is 0 Å². The Labute approximate surface area is 148 Å². The van der Waals surface area contributed by atoms with Crippen LogP contribution >= 0.6 is 23.2 Å². The monoisotopic (exact) mass is 360 g/mol. The van der Waals surface area contributed by atoms with E-state index >= 15 is 0 Å². The van der Waals surface area contributed by atoms with Gasteiger partial charge in [0.25, 0.3) is 5.56 Å². The lowest BCUT2D eigenvalue weighted by atomic mass is 10.1. The molecule has 0 bridgehead atoms. The summed E-state index contributed by atoms with van der Waals surface area (Å²) in [6, 6.07) is 13.1. The molecular weight excluding hydrogens is 347 g/mol. The summed E-state index contributed by atoms with van der Waals surface area (Å²) in [7, 11) is 0. The zero-order chi connectivity index (χ0) is 17.1. The molecule has 24 heavy (non-hydrogen) atoms. The molecule has 2 N–H and O–H groups in total. The molecule has 122 valence electrons. The number of anilines is 2. The minimum absolute atomic E-state index is 0.205. The van der Waals surface area contributed by atoms with Gasteiger partial charge in [-0.3, -0.25) is 9.78 Å². The molecule has 0 radical (unpaired) electrons. The Balaban J connectivity index is 1.81. The fourth-order valence-corrected chi connectivity index (χ4v) is 2.51. The van der Waals surface area contributed by atoms with Crippen molar-refractivity contribution in [3.05, 3.63) is 79.7 Å². The summed E-state index contributed by atoms with van der Waals surface area (Å²) in [5.41, 5.74) is 2.75. The Morgan fingerprint density at radius 3 is 2.54 bits per heavy atom. The van der Waals surface area contributed by atoms with E-state index in [1.807, 2.05) is 31.2 Å². The van der Waals surface area contributed by atoms with Gasteiger partial charge < -0.3 is 5.32 Å². The second kappa shape index (κ2) is 7.03. The molecule has 0 spiro atoms. The minimum atomic E-state index is -0.300. The molecule has 3 aromatic rings. The highest BCUT2D eigenvalue weighted by atomic mass is 35.5. The van der Waals surface area contributed by atoms with Crippen molar-refractivity contribution < 1.29 is 0 Å². The first kappa shape index (κ1) is 16.5. The molecule has 3 rings (SSSR count). The standard InChI is InChI=1S/C17H14Cl2N4O/c1-10-5-7-11(8-6-10)9-14-16(24)21-17(23-22-14)20-13-4-2-3-12(18)15(13)19/h2-8H,9H2,1H3,(H2,20,21,23,24). The number of hydrogen-bond acceptors (Lipinski definition) is 4. The van der Waals surface area contributed by atoms with Gasteiger partial charge in [-0.2, -0.15) is 0 Å². The number of rotatable bonds is 4. The first-order chi connectivity index (χ1) is 11.5. The van der Waals surface area contributed by atoms with Crippen LogP contribution in [-0.2, 0) is 6.42 Å². The van der Waals surface area contributed by atoms with Crippen LogP contribution in [0.3, 0.4) is 0 Å². The van der Waals surface area contributed by atoms with Crippen LogP contribution in [-0.4, -0.2) is 15.2 Å². The molecule has 0 saturated carbocycles. The maximum Gasteiger partial charge on any atom is 0.274 e. The molecular formula is C17H14Cl2N4O. The largest absolute Gasteiger partial charge is 0.323 e. The van der Waals surface area contributed by atoms with Crippen molar-refractivity contribution >= 4 is 34.8 Å². The van der Waals surface area contributed by atoms with E-state index in [1.54, 1.807) is 18.2 Å². The maximum atomic E-state index is 12.2. The van der Waals surface area contributed by atoms with Crippen LogP contribution < -0.4 is 10.9 Å². The predicted octanol–water partition coefficient (Wildman–Crippen LogP) is 4.11. The third-order valence-electron chi connectivity index (χ3n) is 3.46. The molecule has 0 aliphatic heterocycles. The SMILES string of the molecule is Cc1ccc(Cc2nnc(Nc3cccc(Cl)c3Cl)[nH]c2=O)cc1. The van der Waals surface area contributed by atoms with Crippen LogP contribution in [0.15, 0.2) is 47.3 Å². The minimum Gasteiger partial charge on any atom is -0.323 e. The summed E-state index contributed by atoms with van der Waals surface area (Å²) in [4.78, 5) is 14.9. The second-order valence-corrected chi connectivity index (χ2v) is 6.12. The third kappa shape index (κ3) is 3.75. The van der Waals surface area contributed by atoms with Gasteiger partial charge in [0.1, 0.15) is 5.69 Å². The van der Waals surface area contributed by atoms with E-state index in [9.17, 15) is 4.79 Å². The molecule has 0 atom stereocenters. The van der Waals surface area contributed by atoms with Crippen molar-refractivity contribution in [2.24, 2.45) is 0 Å². The molecule has 0 saturated heterocycles. The number of hydrogen-bond donors (Lipinski definition) is 2. The Kier molecular flexibility index (Phi) is 4.83. The quantitative estimate of drug-likeness (QED) is 0.734. The highest BCUT2D eigenvalue weighted by molar-refractivity contribution is 6.43. The van der Waals surface area contributed by atoms with Crippen LogP contribution in [0.4, 0.5) is 11.6 Å². The number of nitrogens with zero attached hydrogens (tertiary/aromatic N) is 2. The van der Waals surface area contributed by atoms with Crippen molar-refractivity contribution in [1.82, 2.24) is 15.2 Å². The third-order valence-corrected chi connectivity index (χ3v) is 4.28. The Hall–Kier alpha value is -2.37. The van der Waals surface area contributed by atoms with E-state index in [4.69, 9.17) is 23.2 Å². The first-order valence-electron chi connectivity index (χ1n) is 7.25. The molecule has 2 aromatic carbocycles. The van der Waals surface area contributed by atoms with E-state index in [0.29, 0.717) is 27.8 Å². The fraction of sp³-hybridized carbons (Fsp3) is 0.118. The van der Waals surface area contributed by atoms with Gasteiger partial charge in [0.2, 0.25) is 5.95 Å². The summed E-state index contributed by atoms with van der Waals surface area (Å²) in [6.45, 7) is 2.01. The number of halogens is 2. The molecule has 0 unspecified atom stereocenters. The number of nitrogens with one attached hydrogen (secondary N) is 2. The van der Waals surface area contributed by atoms with Crippen LogP contribution in [0.5, 0.6) is 0 Å². The number of aryl methyl sites for hydroxylation is 1. The molecule has 5 nitrogen and oxygen atoms in total. The fourth-order valence-electron chi connectivity index (χ4n) is 2.16. The lowest BCUT2D eigenvalue weighted by Crippen LogP contribution is -2.18. The maximum absolute atomic E-state index is 12.2. The van der Waals surface area contributed by atoms with E-state index in [1.165, 1.54) is 0 Å². The summed E-state index contributed by atoms with van der Waals surface area (Å²) >= 11 is 12.1. The number of benzene rings is 2. The zero-order valence-corrected chi connectivity index (χ0v) is 14.3. The Morgan fingerprint density at radius 1 is 1.08 bits per heavy atom. The average Bonchev–Trinajstić information content (AvgIpc) is 2.56. The highest BCUT2D eigenvalue weighted by Crippen LogP contribution is 2.30. The van der Waals surface area contributed by atoms with Gasteiger partial charge in [0.15, 0.2) is 0 Å². The van der Waals surface area contributed by atoms with Gasteiger partial charge in [0, 0.05) is 6.42 Å². The Morgan fingerprint density at radius 2 is 1.83 bits per heavy atom. The predicted molar refractivity (Wildman–Crippen MR) is 96.4 cm³/mol. The zero-order valence-electron chi connectivity index (χ0n) is 12.8. The molecule has 1 heterocycles. The molecule has 7 heteroatoms. The number of aromatic amines is 1. The number of aromatic nitrogens is 3. The van der Waals surface area contributed by atoms with E-state index < -0.39 is 0 Å². The van der Waals surface area contributed by atoms with Gasteiger partial charge in [0.05, 0.1) is 15.7 Å². The van der Waals surface area contributed by atoms with E-state index in [-0.39, 0.29) is 11.5 Å². The normalized spacial score (nSPS) is 10.6. The van der Waals surface area contributed by atoms with Crippen LogP contribution in [0.1, 0.15) is 16.8 Å². The summed E-state index contributed by atoms with van der Waals surface area (Å²) in [6.07, 6.45) is 0.417. The van der Waals surface area contributed by atoms with Gasteiger partial charge in [-0.05, 0) is 24.6 Å². The lowest BCUT2D eigenvalue weighted by Gasteiger charge is -2.08. The van der Waals surface area contributed by atoms with Crippen molar-refractivity contribution in [2.75, 3.05) is 5.32 Å². The molecule has 0 amide bonds. The van der Waals surface area contributed by atoms with Gasteiger partial charge >= 0.3 is 0 Å². The molecule has 0 aliphatic carbocycles.